The number of aryl methyl sites for hydroxylation is 2. The Hall–Kier alpha value is -1.61. The van der Waals surface area contributed by atoms with Gasteiger partial charge in [0.15, 0.2) is 10.9 Å². The molecule has 0 atom stereocenters. The van der Waals surface area contributed by atoms with Gasteiger partial charge in [-0.05, 0) is 19.4 Å². The summed E-state index contributed by atoms with van der Waals surface area (Å²) in [5, 5.41) is 0.331. The minimum atomic E-state index is 0.331. The maximum Gasteiger partial charge on any atom is 0.182 e. The van der Waals surface area contributed by atoms with Gasteiger partial charge in [0, 0.05) is 5.56 Å². The molecule has 0 amide bonds. The van der Waals surface area contributed by atoms with Crippen molar-refractivity contribution in [3.05, 3.63) is 40.8 Å². The minimum Gasteiger partial charge on any atom is -0.491 e. The summed E-state index contributed by atoms with van der Waals surface area (Å²) >= 11 is 5.99. The van der Waals surface area contributed by atoms with Crippen LogP contribution in [0.15, 0.2) is 24.5 Å². The Kier molecular flexibility index (Phi) is 3.29. The second-order valence-corrected chi connectivity index (χ2v) is 4.22. The first-order valence-corrected chi connectivity index (χ1v) is 5.63. The predicted molar refractivity (Wildman–Crippen MR) is 68.5 cm³/mol. The number of nitrogens with zero attached hydrogens (tertiary/aromatic N) is 2. The smallest absolute Gasteiger partial charge is 0.182 e. The summed E-state index contributed by atoms with van der Waals surface area (Å²) in [6.07, 6.45) is 1.44. The zero-order valence-electron chi connectivity index (χ0n) is 9.99. The zero-order valence-corrected chi connectivity index (χ0v) is 10.7. The third-order valence-electron chi connectivity index (χ3n) is 2.60. The summed E-state index contributed by atoms with van der Waals surface area (Å²) in [4.78, 5) is 8.16. The fraction of sp³-hybridized carbons (Fsp3) is 0.231. The topological polar surface area (TPSA) is 35.0 Å². The van der Waals surface area contributed by atoms with Gasteiger partial charge in [0.1, 0.15) is 12.0 Å². The number of hydrogen-bond acceptors (Lipinski definition) is 3. The van der Waals surface area contributed by atoms with E-state index in [0.29, 0.717) is 10.9 Å². The van der Waals surface area contributed by atoms with Gasteiger partial charge in [-0.25, -0.2) is 9.97 Å². The van der Waals surface area contributed by atoms with E-state index in [1.54, 1.807) is 7.11 Å². The number of ether oxygens (including phenoxy) is 1. The summed E-state index contributed by atoms with van der Waals surface area (Å²) in [7, 11) is 1.57. The Labute approximate surface area is 105 Å². The van der Waals surface area contributed by atoms with Gasteiger partial charge in [0.2, 0.25) is 0 Å². The van der Waals surface area contributed by atoms with Gasteiger partial charge in [-0.15, -0.1) is 0 Å². The van der Waals surface area contributed by atoms with Crippen LogP contribution < -0.4 is 4.74 Å². The van der Waals surface area contributed by atoms with Gasteiger partial charge in [-0.2, -0.15) is 0 Å². The molecular weight excluding hydrogens is 236 g/mol. The molecule has 0 radical (unpaired) electrons. The van der Waals surface area contributed by atoms with Crippen LogP contribution in [0.1, 0.15) is 11.1 Å². The van der Waals surface area contributed by atoms with Crippen molar-refractivity contribution in [2.45, 2.75) is 13.8 Å². The Bertz CT molecular complexity index is 555. The lowest BCUT2D eigenvalue weighted by atomic mass is 10.0. The lowest BCUT2D eigenvalue weighted by Crippen LogP contribution is -1.96. The zero-order chi connectivity index (χ0) is 12.4. The molecule has 0 N–H and O–H groups in total. The molecule has 1 heterocycles. The van der Waals surface area contributed by atoms with E-state index < -0.39 is 0 Å². The molecule has 2 aromatic rings. The van der Waals surface area contributed by atoms with Gasteiger partial charge in [0.05, 0.1) is 7.11 Å². The molecule has 1 aromatic heterocycles. The van der Waals surface area contributed by atoms with Gasteiger partial charge in [0.25, 0.3) is 0 Å². The predicted octanol–water partition coefficient (Wildman–Crippen LogP) is 3.42. The number of rotatable bonds is 2. The van der Waals surface area contributed by atoms with E-state index in [1.807, 2.05) is 19.1 Å². The van der Waals surface area contributed by atoms with E-state index in [2.05, 4.69) is 23.0 Å². The van der Waals surface area contributed by atoms with Crippen molar-refractivity contribution in [2.75, 3.05) is 7.11 Å². The van der Waals surface area contributed by atoms with Crippen molar-refractivity contribution in [1.82, 2.24) is 9.97 Å². The van der Waals surface area contributed by atoms with Crippen LogP contribution in [0.3, 0.4) is 0 Å². The van der Waals surface area contributed by atoms with Gasteiger partial charge < -0.3 is 4.74 Å². The first-order chi connectivity index (χ1) is 8.13. The average molecular weight is 249 g/mol. The number of hydrogen-bond donors (Lipinski definition) is 0. The largest absolute Gasteiger partial charge is 0.491 e. The highest BCUT2D eigenvalue weighted by Crippen LogP contribution is 2.34. The highest BCUT2D eigenvalue weighted by Gasteiger charge is 2.13. The lowest BCUT2D eigenvalue weighted by Gasteiger charge is -2.11. The molecule has 2 rings (SSSR count). The van der Waals surface area contributed by atoms with Gasteiger partial charge in [-0.1, -0.05) is 35.4 Å². The van der Waals surface area contributed by atoms with E-state index in [4.69, 9.17) is 16.3 Å². The fourth-order valence-electron chi connectivity index (χ4n) is 1.80. The summed E-state index contributed by atoms with van der Waals surface area (Å²) in [5.74, 6) is 0.515. The van der Waals surface area contributed by atoms with Gasteiger partial charge >= 0.3 is 0 Å². The molecule has 4 heteroatoms. The van der Waals surface area contributed by atoms with Crippen molar-refractivity contribution in [1.29, 1.82) is 0 Å². The van der Waals surface area contributed by atoms with Crippen LogP contribution in [-0.4, -0.2) is 17.1 Å². The molecule has 88 valence electrons. The van der Waals surface area contributed by atoms with Crippen molar-refractivity contribution in [2.24, 2.45) is 0 Å². The molecule has 0 fully saturated rings. The highest BCUT2D eigenvalue weighted by atomic mass is 35.5. The lowest BCUT2D eigenvalue weighted by molar-refractivity contribution is 0.413. The molecule has 0 bridgehead atoms. The van der Waals surface area contributed by atoms with Crippen LogP contribution in [0, 0.1) is 13.8 Å². The summed E-state index contributed by atoms with van der Waals surface area (Å²) in [6, 6.07) is 6.16. The van der Waals surface area contributed by atoms with E-state index in [-0.39, 0.29) is 0 Å². The molecule has 1 aromatic carbocycles. The monoisotopic (exact) mass is 248 g/mol. The first kappa shape index (κ1) is 11.9. The molecule has 0 spiro atoms. The number of benzene rings is 1. The Morgan fingerprint density at radius 3 is 2.59 bits per heavy atom. The van der Waals surface area contributed by atoms with Crippen LogP contribution in [0.4, 0.5) is 0 Å². The van der Waals surface area contributed by atoms with Crippen LogP contribution in [0.25, 0.3) is 11.3 Å². The molecule has 17 heavy (non-hydrogen) atoms. The molecule has 0 aliphatic carbocycles. The van der Waals surface area contributed by atoms with Gasteiger partial charge in [-0.3, -0.25) is 0 Å². The highest BCUT2D eigenvalue weighted by molar-refractivity contribution is 6.31. The molecule has 0 saturated carbocycles. The van der Waals surface area contributed by atoms with Crippen LogP contribution in [0.5, 0.6) is 5.75 Å². The summed E-state index contributed by atoms with van der Waals surface area (Å²) < 4.78 is 5.26. The Morgan fingerprint density at radius 2 is 1.94 bits per heavy atom. The molecule has 3 nitrogen and oxygen atoms in total. The summed E-state index contributed by atoms with van der Waals surface area (Å²) in [5.41, 5.74) is 4.09. The molecular formula is C13H13ClN2O. The van der Waals surface area contributed by atoms with Crippen molar-refractivity contribution < 1.29 is 4.74 Å². The van der Waals surface area contributed by atoms with Crippen molar-refractivity contribution in [3.8, 4) is 17.0 Å². The van der Waals surface area contributed by atoms with E-state index in [0.717, 1.165) is 16.8 Å². The average Bonchev–Trinajstić information content (AvgIpc) is 2.29. The van der Waals surface area contributed by atoms with Crippen LogP contribution >= 0.6 is 11.6 Å². The first-order valence-electron chi connectivity index (χ1n) is 5.25. The standard InChI is InChI=1S/C13H13ClN2O/c1-8-4-5-10(9(2)6-8)11-12(17-3)13(14)16-7-15-11/h4-7H,1-3H3. The molecule has 0 aliphatic heterocycles. The minimum absolute atomic E-state index is 0.331. The summed E-state index contributed by atoms with van der Waals surface area (Å²) in [6.45, 7) is 4.10. The maximum absolute atomic E-state index is 5.99. The van der Waals surface area contributed by atoms with Crippen LogP contribution in [0.2, 0.25) is 5.15 Å². The van der Waals surface area contributed by atoms with Crippen molar-refractivity contribution in [3.63, 3.8) is 0 Å². The maximum atomic E-state index is 5.99. The number of methoxy groups -OCH3 is 1. The third kappa shape index (κ3) is 2.24. The Morgan fingerprint density at radius 1 is 1.18 bits per heavy atom. The second-order valence-electron chi connectivity index (χ2n) is 3.86. The van der Waals surface area contributed by atoms with E-state index in [9.17, 15) is 0 Å². The van der Waals surface area contributed by atoms with E-state index in [1.165, 1.54) is 11.9 Å². The normalized spacial score (nSPS) is 10.4. The number of halogens is 1. The van der Waals surface area contributed by atoms with E-state index >= 15 is 0 Å². The SMILES string of the molecule is COc1c(Cl)ncnc1-c1ccc(C)cc1C. The number of aromatic nitrogens is 2. The quantitative estimate of drug-likeness (QED) is 0.764. The fourth-order valence-corrected chi connectivity index (χ4v) is 2.01. The van der Waals surface area contributed by atoms with Crippen LogP contribution in [-0.2, 0) is 0 Å². The third-order valence-corrected chi connectivity index (χ3v) is 2.87. The Balaban J connectivity index is 2.64. The second kappa shape index (κ2) is 4.72. The molecule has 0 unspecified atom stereocenters. The van der Waals surface area contributed by atoms with Crippen molar-refractivity contribution >= 4 is 11.6 Å². The molecule has 0 aliphatic rings. The molecule has 0 saturated heterocycles.